The van der Waals surface area contributed by atoms with Gasteiger partial charge in [0.15, 0.2) is 11.5 Å². The van der Waals surface area contributed by atoms with Crippen molar-refractivity contribution in [3.8, 4) is 11.5 Å². The zero-order valence-corrected chi connectivity index (χ0v) is 16.2. The maximum absolute atomic E-state index is 12.8. The minimum atomic E-state index is -4.71. The second kappa shape index (κ2) is 9.81. The molecule has 0 saturated carbocycles. The van der Waals surface area contributed by atoms with Crippen molar-refractivity contribution in [2.75, 3.05) is 25.6 Å². The molecule has 0 heterocycles. The molecule has 0 radical (unpaired) electrons. The summed E-state index contributed by atoms with van der Waals surface area (Å²) in [7, 11) is 1.50. The number of para-hydroxylation sites is 2. The average molecular weight is 427 g/mol. The highest BCUT2D eigenvalue weighted by Crippen LogP contribution is 2.35. The van der Waals surface area contributed by atoms with Gasteiger partial charge in [0.2, 0.25) is 5.91 Å². The van der Waals surface area contributed by atoms with Crippen LogP contribution in [0, 0.1) is 10.1 Å². The van der Waals surface area contributed by atoms with E-state index in [-0.39, 0.29) is 18.8 Å². The van der Waals surface area contributed by atoms with Gasteiger partial charge in [-0.05, 0) is 31.2 Å². The van der Waals surface area contributed by atoms with Gasteiger partial charge < -0.3 is 20.1 Å². The van der Waals surface area contributed by atoms with Crippen molar-refractivity contribution in [3.05, 3.63) is 58.1 Å². The van der Waals surface area contributed by atoms with E-state index in [1.807, 2.05) is 0 Å². The fraction of sp³-hybridized carbons (Fsp3) is 0.316. The SMILES string of the molecule is COc1ccccc1OCCNC(=O)[C@H](C)Nc1ccc(C(F)(F)F)cc1[N+](=O)[O-]. The molecule has 1 atom stereocenters. The molecule has 11 heteroatoms. The number of halogens is 3. The van der Waals surface area contributed by atoms with Gasteiger partial charge in [-0.1, -0.05) is 12.1 Å². The van der Waals surface area contributed by atoms with Crippen molar-refractivity contribution in [2.24, 2.45) is 0 Å². The highest BCUT2D eigenvalue weighted by molar-refractivity contribution is 5.85. The first-order valence-corrected chi connectivity index (χ1v) is 8.79. The number of nitrogens with one attached hydrogen (secondary N) is 2. The summed E-state index contributed by atoms with van der Waals surface area (Å²) in [5.74, 6) is 0.530. The number of rotatable bonds is 9. The third kappa shape index (κ3) is 6.00. The summed E-state index contributed by atoms with van der Waals surface area (Å²) in [5.41, 5.74) is -2.12. The Kier molecular flexibility index (Phi) is 7.45. The Morgan fingerprint density at radius 3 is 2.47 bits per heavy atom. The van der Waals surface area contributed by atoms with Gasteiger partial charge in [-0.15, -0.1) is 0 Å². The maximum Gasteiger partial charge on any atom is 0.416 e. The standard InChI is InChI=1S/C19H20F3N3O5/c1-12(18(26)23-9-10-30-17-6-4-3-5-16(17)29-2)24-14-8-7-13(19(20,21)22)11-15(14)25(27)28/h3-8,11-12,24H,9-10H2,1-2H3,(H,23,26)/t12-/m0/s1. The smallest absolute Gasteiger partial charge is 0.416 e. The molecule has 0 unspecified atom stereocenters. The summed E-state index contributed by atoms with van der Waals surface area (Å²) in [6.07, 6.45) is -4.71. The molecule has 0 saturated heterocycles. The highest BCUT2D eigenvalue weighted by Gasteiger charge is 2.33. The molecule has 0 aliphatic rings. The lowest BCUT2D eigenvalue weighted by Gasteiger charge is -2.16. The Morgan fingerprint density at radius 2 is 1.87 bits per heavy atom. The number of hydrogen-bond donors (Lipinski definition) is 2. The van der Waals surface area contributed by atoms with Gasteiger partial charge in [0.1, 0.15) is 18.3 Å². The normalized spacial score (nSPS) is 12.0. The van der Waals surface area contributed by atoms with E-state index in [2.05, 4.69) is 10.6 Å². The zero-order valence-electron chi connectivity index (χ0n) is 16.2. The predicted octanol–water partition coefficient (Wildman–Crippen LogP) is 3.62. The van der Waals surface area contributed by atoms with Crippen molar-refractivity contribution in [1.29, 1.82) is 0 Å². The number of nitrogens with zero attached hydrogens (tertiary/aromatic N) is 1. The Labute approximate surface area is 170 Å². The van der Waals surface area contributed by atoms with Crippen LogP contribution in [0.25, 0.3) is 0 Å². The number of ether oxygens (including phenoxy) is 2. The summed E-state index contributed by atoms with van der Waals surface area (Å²) in [6, 6.07) is 8.09. The van der Waals surface area contributed by atoms with E-state index in [1.54, 1.807) is 24.3 Å². The lowest BCUT2D eigenvalue weighted by atomic mass is 10.1. The molecule has 2 aromatic rings. The quantitative estimate of drug-likeness (QED) is 0.360. The van der Waals surface area contributed by atoms with E-state index in [0.717, 1.165) is 6.07 Å². The number of nitro benzene ring substituents is 1. The maximum atomic E-state index is 12.8. The number of amides is 1. The van der Waals surface area contributed by atoms with Crippen LogP contribution in [0.4, 0.5) is 24.5 Å². The van der Waals surface area contributed by atoms with Crippen LogP contribution in [0.15, 0.2) is 42.5 Å². The molecular weight excluding hydrogens is 407 g/mol. The van der Waals surface area contributed by atoms with E-state index in [0.29, 0.717) is 23.6 Å². The van der Waals surface area contributed by atoms with Gasteiger partial charge >= 0.3 is 6.18 Å². The van der Waals surface area contributed by atoms with E-state index in [1.165, 1.54) is 14.0 Å². The minimum Gasteiger partial charge on any atom is -0.493 e. The lowest BCUT2D eigenvalue weighted by molar-refractivity contribution is -0.384. The number of methoxy groups -OCH3 is 1. The molecule has 0 aromatic heterocycles. The van der Waals surface area contributed by atoms with E-state index in [9.17, 15) is 28.1 Å². The highest BCUT2D eigenvalue weighted by atomic mass is 19.4. The monoisotopic (exact) mass is 427 g/mol. The van der Waals surface area contributed by atoms with Crippen LogP contribution < -0.4 is 20.1 Å². The summed E-state index contributed by atoms with van der Waals surface area (Å²) >= 11 is 0. The molecule has 2 N–H and O–H groups in total. The number of carbonyl (C=O) groups is 1. The molecule has 2 aromatic carbocycles. The van der Waals surface area contributed by atoms with Crippen LogP contribution in [-0.2, 0) is 11.0 Å². The van der Waals surface area contributed by atoms with Crippen LogP contribution in [0.3, 0.4) is 0 Å². The number of nitro groups is 1. The number of alkyl halides is 3. The molecule has 0 aliphatic carbocycles. The summed E-state index contributed by atoms with van der Waals surface area (Å²) in [4.78, 5) is 22.4. The molecule has 30 heavy (non-hydrogen) atoms. The molecule has 162 valence electrons. The first-order chi connectivity index (χ1) is 14.1. The molecule has 2 rings (SSSR count). The molecule has 0 aliphatic heterocycles. The molecular formula is C19H20F3N3O5. The van der Waals surface area contributed by atoms with Crippen LogP contribution >= 0.6 is 0 Å². The second-order valence-electron chi connectivity index (χ2n) is 6.14. The fourth-order valence-electron chi connectivity index (χ4n) is 2.51. The van der Waals surface area contributed by atoms with Gasteiger partial charge in [0, 0.05) is 6.07 Å². The largest absolute Gasteiger partial charge is 0.493 e. The number of hydrogen-bond acceptors (Lipinski definition) is 6. The van der Waals surface area contributed by atoms with E-state index in [4.69, 9.17) is 9.47 Å². The van der Waals surface area contributed by atoms with Crippen molar-refractivity contribution >= 4 is 17.3 Å². The van der Waals surface area contributed by atoms with Crippen LogP contribution in [0.1, 0.15) is 12.5 Å². The van der Waals surface area contributed by atoms with Gasteiger partial charge in [-0.3, -0.25) is 14.9 Å². The Morgan fingerprint density at radius 1 is 1.20 bits per heavy atom. The van der Waals surface area contributed by atoms with E-state index < -0.39 is 34.3 Å². The Balaban J connectivity index is 1.93. The molecule has 0 fully saturated rings. The van der Waals surface area contributed by atoms with Crippen LogP contribution in [-0.4, -0.2) is 37.1 Å². The second-order valence-corrected chi connectivity index (χ2v) is 6.14. The van der Waals surface area contributed by atoms with Crippen molar-refractivity contribution in [1.82, 2.24) is 5.32 Å². The summed E-state index contributed by atoms with van der Waals surface area (Å²) in [5, 5.41) is 16.3. The fourth-order valence-corrected chi connectivity index (χ4v) is 2.51. The zero-order chi connectivity index (χ0) is 22.3. The summed E-state index contributed by atoms with van der Waals surface area (Å²) < 4.78 is 49.0. The molecule has 0 bridgehead atoms. The van der Waals surface area contributed by atoms with Crippen molar-refractivity contribution in [3.63, 3.8) is 0 Å². The molecule has 8 nitrogen and oxygen atoms in total. The van der Waals surface area contributed by atoms with Gasteiger partial charge in [-0.2, -0.15) is 13.2 Å². The third-order valence-electron chi connectivity index (χ3n) is 4.01. The van der Waals surface area contributed by atoms with Crippen LogP contribution in [0.2, 0.25) is 0 Å². The minimum absolute atomic E-state index is 0.137. The van der Waals surface area contributed by atoms with Crippen LogP contribution in [0.5, 0.6) is 11.5 Å². The Bertz CT molecular complexity index is 905. The number of benzene rings is 2. The first kappa shape index (κ1) is 22.8. The molecule has 1 amide bonds. The Hall–Kier alpha value is -3.50. The average Bonchev–Trinajstić information content (AvgIpc) is 2.70. The van der Waals surface area contributed by atoms with Crippen molar-refractivity contribution in [2.45, 2.75) is 19.1 Å². The van der Waals surface area contributed by atoms with Gasteiger partial charge in [-0.25, -0.2) is 0 Å². The number of anilines is 1. The number of carbonyl (C=O) groups excluding carboxylic acids is 1. The third-order valence-corrected chi connectivity index (χ3v) is 4.01. The molecule has 0 spiro atoms. The first-order valence-electron chi connectivity index (χ1n) is 8.79. The summed E-state index contributed by atoms with van der Waals surface area (Å²) in [6.45, 7) is 1.70. The van der Waals surface area contributed by atoms with Gasteiger partial charge in [0.25, 0.3) is 5.69 Å². The topological polar surface area (TPSA) is 103 Å². The van der Waals surface area contributed by atoms with Crippen molar-refractivity contribution < 1.29 is 32.4 Å². The predicted molar refractivity (Wildman–Crippen MR) is 103 cm³/mol. The van der Waals surface area contributed by atoms with Gasteiger partial charge in [0.05, 0.1) is 24.1 Å². The lowest BCUT2D eigenvalue weighted by Crippen LogP contribution is -2.39. The van der Waals surface area contributed by atoms with E-state index >= 15 is 0 Å².